The highest BCUT2D eigenvalue weighted by molar-refractivity contribution is 5.74. The summed E-state index contributed by atoms with van der Waals surface area (Å²) in [7, 11) is 0. The van der Waals surface area contributed by atoms with Crippen LogP contribution < -0.4 is 5.11 Å². The van der Waals surface area contributed by atoms with E-state index >= 15 is 0 Å². The fourth-order valence-electron chi connectivity index (χ4n) is 4.66. The van der Waals surface area contributed by atoms with E-state index in [4.69, 9.17) is 9.47 Å². The van der Waals surface area contributed by atoms with Crippen LogP contribution in [0.5, 0.6) is 0 Å². The number of ether oxygens (including phenoxy) is 2. The van der Waals surface area contributed by atoms with Gasteiger partial charge in [0.2, 0.25) is 0 Å². The van der Waals surface area contributed by atoms with Gasteiger partial charge in [-0.1, -0.05) is 12.8 Å². The zero-order chi connectivity index (χ0) is 17.3. The lowest BCUT2D eigenvalue weighted by Crippen LogP contribution is -2.55. The lowest BCUT2D eigenvalue weighted by molar-refractivity contribution is -0.338. The Morgan fingerprint density at radius 3 is 2.29 bits per heavy atom. The number of hydrogen-bond acceptors (Lipinski definition) is 5. The molecule has 3 aliphatic rings. The third kappa shape index (κ3) is 3.49. The van der Waals surface area contributed by atoms with Gasteiger partial charge in [0.25, 0.3) is 0 Å². The molecule has 4 unspecified atom stereocenters. The molecule has 0 radical (unpaired) electrons. The molecule has 0 spiro atoms. The maximum atomic E-state index is 14.1. The summed E-state index contributed by atoms with van der Waals surface area (Å²) in [6.07, 6.45) is 3.76. The Balaban J connectivity index is 1.67. The van der Waals surface area contributed by atoms with Gasteiger partial charge in [-0.15, -0.1) is 0 Å². The van der Waals surface area contributed by atoms with Crippen molar-refractivity contribution in [2.24, 2.45) is 17.8 Å². The molecule has 0 heterocycles. The zero-order valence-corrected chi connectivity index (χ0v) is 13.5. The predicted octanol–water partition coefficient (Wildman–Crippen LogP) is 2.66. The molecule has 0 aromatic heterocycles. The molecule has 4 atom stereocenters. The van der Waals surface area contributed by atoms with Crippen LogP contribution in [-0.4, -0.2) is 30.3 Å². The van der Waals surface area contributed by atoms with Gasteiger partial charge < -0.3 is 19.4 Å². The van der Waals surface area contributed by atoms with Crippen LogP contribution in [0.4, 0.5) is 13.6 Å². The first-order valence-corrected chi connectivity index (χ1v) is 8.84. The summed E-state index contributed by atoms with van der Waals surface area (Å²) < 4.78 is 38.3. The SMILES string of the molecule is O=C(OC1CCCCC1)OC(C1CC2CCC1C2)C(F)(F)C(=O)[O-]. The molecule has 0 aliphatic heterocycles. The molecule has 0 aromatic carbocycles. The van der Waals surface area contributed by atoms with Crippen molar-refractivity contribution in [2.45, 2.75) is 75.9 Å². The summed E-state index contributed by atoms with van der Waals surface area (Å²) in [5, 5.41) is 10.9. The normalized spacial score (nSPS) is 31.7. The van der Waals surface area contributed by atoms with E-state index in [1.807, 2.05) is 0 Å². The third-order valence-electron chi connectivity index (χ3n) is 5.85. The number of carboxylic acid groups (broad SMARTS) is 1. The van der Waals surface area contributed by atoms with Crippen molar-refractivity contribution in [1.82, 2.24) is 0 Å². The monoisotopic (exact) mass is 345 g/mol. The molecule has 5 nitrogen and oxygen atoms in total. The highest BCUT2D eigenvalue weighted by atomic mass is 19.3. The van der Waals surface area contributed by atoms with Crippen molar-refractivity contribution in [3.8, 4) is 0 Å². The summed E-state index contributed by atoms with van der Waals surface area (Å²) in [5.74, 6) is -7.05. The lowest BCUT2D eigenvalue weighted by Gasteiger charge is -2.35. The lowest BCUT2D eigenvalue weighted by atomic mass is 9.82. The van der Waals surface area contributed by atoms with Crippen molar-refractivity contribution in [3.05, 3.63) is 0 Å². The first-order valence-electron chi connectivity index (χ1n) is 8.84. The molecule has 3 saturated carbocycles. The molecule has 2 bridgehead atoms. The molecule has 0 aromatic rings. The number of carboxylic acids is 1. The van der Waals surface area contributed by atoms with Gasteiger partial charge in [0.1, 0.15) is 12.1 Å². The van der Waals surface area contributed by atoms with Crippen LogP contribution >= 0.6 is 0 Å². The minimum absolute atomic E-state index is 0.0206. The Labute approximate surface area is 139 Å². The Bertz CT molecular complexity index is 489. The molecule has 136 valence electrons. The van der Waals surface area contributed by atoms with E-state index in [0.717, 1.165) is 38.5 Å². The molecule has 24 heavy (non-hydrogen) atoms. The quantitative estimate of drug-likeness (QED) is 0.716. The van der Waals surface area contributed by atoms with Crippen molar-refractivity contribution >= 4 is 12.1 Å². The molecule has 3 fully saturated rings. The van der Waals surface area contributed by atoms with Crippen molar-refractivity contribution in [1.29, 1.82) is 0 Å². The summed E-state index contributed by atoms with van der Waals surface area (Å²) in [6.45, 7) is 0. The topological polar surface area (TPSA) is 75.7 Å². The average Bonchev–Trinajstić information content (AvgIpc) is 3.16. The van der Waals surface area contributed by atoms with Crippen LogP contribution in [0.25, 0.3) is 0 Å². The zero-order valence-electron chi connectivity index (χ0n) is 13.5. The molecule has 0 amide bonds. The first-order chi connectivity index (χ1) is 11.4. The van der Waals surface area contributed by atoms with E-state index in [-0.39, 0.29) is 12.0 Å². The maximum absolute atomic E-state index is 14.1. The second-order valence-corrected chi connectivity index (χ2v) is 7.42. The van der Waals surface area contributed by atoms with Crippen LogP contribution in [-0.2, 0) is 14.3 Å². The minimum atomic E-state index is -4.21. The van der Waals surface area contributed by atoms with E-state index in [9.17, 15) is 23.5 Å². The smallest absolute Gasteiger partial charge is 0.509 e. The minimum Gasteiger partial charge on any atom is -0.544 e. The second kappa shape index (κ2) is 6.84. The Kier molecular flexibility index (Phi) is 4.97. The van der Waals surface area contributed by atoms with Gasteiger partial charge in [0.05, 0.1) is 0 Å². The average molecular weight is 345 g/mol. The van der Waals surface area contributed by atoms with Crippen LogP contribution in [0.1, 0.15) is 57.8 Å². The highest BCUT2D eigenvalue weighted by Crippen LogP contribution is 2.52. The van der Waals surface area contributed by atoms with Gasteiger partial charge in [-0.25, -0.2) is 4.79 Å². The highest BCUT2D eigenvalue weighted by Gasteiger charge is 2.55. The first kappa shape index (κ1) is 17.4. The van der Waals surface area contributed by atoms with Crippen molar-refractivity contribution < 1.29 is 33.0 Å². The fraction of sp³-hybridized carbons (Fsp3) is 0.882. The number of carbonyl (C=O) groups excluding carboxylic acids is 2. The Morgan fingerprint density at radius 2 is 1.75 bits per heavy atom. The summed E-state index contributed by atoms with van der Waals surface area (Å²) >= 11 is 0. The van der Waals surface area contributed by atoms with E-state index in [1.165, 1.54) is 0 Å². The number of halogens is 2. The van der Waals surface area contributed by atoms with E-state index in [2.05, 4.69) is 0 Å². The summed E-state index contributed by atoms with van der Waals surface area (Å²) in [6, 6.07) is 0. The van der Waals surface area contributed by atoms with Gasteiger partial charge in [-0.3, -0.25) is 0 Å². The van der Waals surface area contributed by atoms with Crippen molar-refractivity contribution in [3.63, 3.8) is 0 Å². The Hall–Kier alpha value is -1.40. The number of carbonyl (C=O) groups is 2. The molecule has 7 heteroatoms. The summed E-state index contributed by atoms with van der Waals surface area (Å²) in [5.41, 5.74) is 0. The van der Waals surface area contributed by atoms with E-state index in [1.54, 1.807) is 0 Å². The number of hydrogen-bond donors (Lipinski definition) is 0. The summed E-state index contributed by atoms with van der Waals surface area (Å²) in [4.78, 5) is 22.9. The standard InChI is InChI=1S/C17H24F2O5/c18-17(19,15(20)21)14(13-9-10-6-7-11(13)8-10)24-16(22)23-12-4-2-1-3-5-12/h10-14H,1-9H2,(H,20,21)/p-1. The van der Waals surface area contributed by atoms with Crippen LogP contribution in [0.15, 0.2) is 0 Å². The van der Waals surface area contributed by atoms with E-state index < -0.39 is 30.1 Å². The molecular weight excluding hydrogens is 322 g/mol. The van der Waals surface area contributed by atoms with Gasteiger partial charge >= 0.3 is 12.1 Å². The van der Waals surface area contributed by atoms with Crippen LogP contribution in [0.3, 0.4) is 0 Å². The second-order valence-electron chi connectivity index (χ2n) is 7.42. The van der Waals surface area contributed by atoms with E-state index in [0.29, 0.717) is 25.2 Å². The Morgan fingerprint density at radius 1 is 1.04 bits per heavy atom. The maximum Gasteiger partial charge on any atom is 0.509 e. The van der Waals surface area contributed by atoms with Gasteiger partial charge in [0, 0.05) is 5.92 Å². The molecule has 0 saturated heterocycles. The molecule has 0 N–H and O–H groups in total. The number of aliphatic carboxylic acids is 1. The fourth-order valence-corrected chi connectivity index (χ4v) is 4.66. The van der Waals surface area contributed by atoms with Gasteiger partial charge in [0.15, 0.2) is 6.10 Å². The van der Waals surface area contributed by atoms with Crippen LogP contribution in [0, 0.1) is 17.8 Å². The largest absolute Gasteiger partial charge is 0.544 e. The molecular formula is C17H23F2O5-. The number of fused-ring (bicyclic) bond motifs is 2. The van der Waals surface area contributed by atoms with Crippen LogP contribution in [0.2, 0.25) is 0 Å². The number of alkyl halides is 2. The van der Waals surface area contributed by atoms with Gasteiger partial charge in [-0.2, -0.15) is 8.78 Å². The number of rotatable bonds is 5. The molecule has 3 aliphatic carbocycles. The van der Waals surface area contributed by atoms with Gasteiger partial charge in [-0.05, 0) is 56.8 Å². The predicted molar refractivity (Wildman–Crippen MR) is 77.1 cm³/mol. The third-order valence-corrected chi connectivity index (χ3v) is 5.85. The van der Waals surface area contributed by atoms with Crippen molar-refractivity contribution in [2.75, 3.05) is 0 Å². The molecule has 3 rings (SSSR count).